The van der Waals surface area contributed by atoms with Crippen LogP contribution in [0.4, 0.5) is 0 Å². The lowest BCUT2D eigenvalue weighted by Crippen LogP contribution is -2.47. The summed E-state index contributed by atoms with van der Waals surface area (Å²) < 4.78 is 0. The van der Waals surface area contributed by atoms with Crippen molar-refractivity contribution in [2.75, 3.05) is 19.6 Å². The van der Waals surface area contributed by atoms with Gasteiger partial charge >= 0.3 is 0 Å². The van der Waals surface area contributed by atoms with Crippen LogP contribution in [0.5, 0.6) is 0 Å². The van der Waals surface area contributed by atoms with Crippen LogP contribution in [-0.2, 0) is 4.79 Å². The van der Waals surface area contributed by atoms with E-state index in [4.69, 9.17) is 5.73 Å². The normalized spacial score (nSPS) is 31.5. The van der Waals surface area contributed by atoms with Gasteiger partial charge in [0.2, 0.25) is 5.91 Å². The fraction of sp³-hybridized carbons (Fsp3) is 0.929. The molecular weight excluding hydrogens is 212 g/mol. The van der Waals surface area contributed by atoms with Crippen LogP contribution in [0.1, 0.15) is 45.4 Å². The Morgan fingerprint density at radius 2 is 1.94 bits per heavy atom. The maximum atomic E-state index is 12.4. The summed E-state index contributed by atoms with van der Waals surface area (Å²) in [6, 6.07) is 0. The zero-order valence-corrected chi connectivity index (χ0v) is 11.0. The molecule has 2 N–H and O–H groups in total. The third-order valence-electron chi connectivity index (χ3n) is 4.68. The number of amides is 1. The summed E-state index contributed by atoms with van der Waals surface area (Å²) in [5, 5.41) is 0. The molecule has 1 aliphatic heterocycles. The van der Waals surface area contributed by atoms with Gasteiger partial charge in [0.15, 0.2) is 0 Å². The molecule has 2 aliphatic rings. The fourth-order valence-corrected chi connectivity index (χ4v) is 3.26. The Morgan fingerprint density at radius 3 is 2.59 bits per heavy atom. The molecule has 2 rings (SSSR count). The smallest absolute Gasteiger partial charge is 0.225 e. The Bertz CT molecular complexity index is 261. The third-order valence-corrected chi connectivity index (χ3v) is 4.68. The van der Waals surface area contributed by atoms with Gasteiger partial charge in [-0.2, -0.15) is 0 Å². The van der Waals surface area contributed by atoms with E-state index >= 15 is 0 Å². The lowest BCUT2D eigenvalue weighted by molar-refractivity contribution is -0.139. The molecule has 3 heteroatoms. The van der Waals surface area contributed by atoms with Gasteiger partial charge < -0.3 is 10.6 Å². The second kappa shape index (κ2) is 5.85. The molecule has 2 fully saturated rings. The zero-order chi connectivity index (χ0) is 12.3. The van der Waals surface area contributed by atoms with Crippen LogP contribution in [0.25, 0.3) is 0 Å². The van der Waals surface area contributed by atoms with Crippen LogP contribution in [0.3, 0.4) is 0 Å². The maximum Gasteiger partial charge on any atom is 0.225 e. The van der Waals surface area contributed by atoms with Crippen LogP contribution in [0.2, 0.25) is 0 Å². The third kappa shape index (κ3) is 3.01. The summed E-state index contributed by atoms with van der Waals surface area (Å²) in [6.07, 6.45) is 7.13. The number of hydrogen-bond donors (Lipinski definition) is 1. The van der Waals surface area contributed by atoms with E-state index in [0.29, 0.717) is 23.7 Å². The van der Waals surface area contributed by atoms with E-state index < -0.39 is 0 Å². The van der Waals surface area contributed by atoms with Crippen molar-refractivity contribution < 1.29 is 4.79 Å². The summed E-state index contributed by atoms with van der Waals surface area (Å²) in [5.74, 6) is 1.91. The van der Waals surface area contributed by atoms with Gasteiger partial charge in [-0.25, -0.2) is 0 Å². The zero-order valence-electron chi connectivity index (χ0n) is 11.0. The van der Waals surface area contributed by atoms with Crippen molar-refractivity contribution in [3.8, 4) is 0 Å². The predicted octanol–water partition coefficient (Wildman–Crippen LogP) is 2.01. The lowest BCUT2D eigenvalue weighted by Gasteiger charge is -2.38. The first-order valence-corrected chi connectivity index (χ1v) is 7.21. The minimum atomic E-state index is 0.315. The molecule has 1 saturated carbocycles. The lowest BCUT2D eigenvalue weighted by atomic mass is 9.84. The Balaban J connectivity index is 1.90. The van der Waals surface area contributed by atoms with Gasteiger partial charge in [0, 0.05) is 19.0 Å². The second-order valence-corrected chi connectivity index (χ2v) is 5.88. The number of piperidine rings is 1. The average Bonchev–Trinajstić information content (AvgIpc) is 2.39. The molecule has 1 amide bonds. The van der Waals surface area contributed by atoms with E-state index in [9.17, 15) is 4.79 Å². The standard InChI is InChI=1S/C14H26N2O/c1-11-7-8-16(10-13(11)9-15)14(17)12-5-3-2-4-6-12/h11-13H,2-10,15H2,1H3. The number of rotatable bonds is 2. The average molecular weight is 238 g/mol. The molecule has 0 aromatic carbocycles. The summed E-state index contributed by atoms with van der Waals surface area (Å²) in [5.41, 5.74) is 5.80. The molecule has 98 valence electrons. The van der Waals surface area contributed by atoms with E-state index in [1.807, 2.05) is 0 Å². The first-order valence-electron chi connectivity index (χ1n) is 7.21. The first-order chi connectivity index (χ1) is 8.22. The Morgan fingerprint density at radius 1 is 1.24 bits per heavy atom. The summed E-state index contributed by atoms with van der Waals surface area (Å²) in [4.78, 5) is 14.5. The van der Waals surface area contributed by atoms with Crippen LogP contribution >= 0.6 is 0 Å². The fourth-order valence-electron chi connectivity index (χ4n) is 3.26. The molecule has 1 saturated heterocycles. The minimum Gasteiger partial charge on any atom is -0.342 e. The molecular formula is C14H26N2O. The van der Waals surface area contributed by atoms with Crippen molar-refractivity contribution in [1.29, 1.82) is 0 Å². The van der Waals surface area contributed by atoms with Crippen LogP contribution < -0.4 is 5.73 Å². The van der Waals surface area contributed by atoms with Crippen LogP contribution in [0, 0.1) is 17.8 Å². The number of carbonyl (C=O) groups excluding carboxylic acids is 1. The molecule has 0 aromatic heterocycles. The van der Waals surface area contributed by atoms with Crippen molar-refractivity contribution in [1.82, 2.24) is 4.90 Å². The van der Waals surface area contributed by atoms with E-state index in [0.717, 1.165) is 38.9 Å². The Hall–Kier alpha value is -0.570. The number of likely N-dealkylation sites (tertiary alicyclic amines) is 1. The molecule has 0 aromatic rings. The molecule has 2 atom stereocenters. The molecule has 0 radical (unpaired) electrons. The van der Waals surface area contributed by atoms with E-state index in [2.05, 4.69) is 11.8 Å². The highest BCUT2D eigenvalue weighted by atomic mass is 16.2. The molecule has 2 unspecified atom stereocenters. The van der Waals surface area contributed by atoms with Crippen LogP contribution in [-0.4, -0.2) is 30.4 Å². The van der Waals surface area contributed by atoms with E-state index in [1.54, 1.807) is 0 Å². The summed E-state index contributed by atoms with van der Waals surface area (Å²) in [7, 11) is 0. The monoisotopic (exact) mass is 238 g/mol. The van der Waals surface area contributed by atoms with Gasteiger partial charge in [-0.05, 0) is 37.6 Å². The van der Waals surface area contributed by atoms with Crippen molar-refractivity contribution in [3.05, 3.63) is 0 Å². The molecule has 1 heterocycles. The molecule has 0 spiro atoms. The van der Waals surface area contributed by atoms with Crippen molar-refractivity contribution in [2.24, 2.45) is 23.5 Å². The van der Waals surface area contributed by atoms with Crippen molar-refractivity contribution in [3.63, 3.8) is 0 Å². The number of nitrogens with zero attached hydrogens (tertiary/aromatic N) is 1. The largest absolute Gasteiger partial charge is 0.342 e. The highest BCUT2D eigenvalue weighted by molar-refractivity contribution is 5.79. The van der Waals surface area contributed by atoms with E-state index in [1.165, 1.54) is 19.3 Å². The predicted molar refractivity (Wildman–Crippen MR) is 69.5 cm³/mol. The Kier molecular flexibility index (Phi) is 4.43. The van der Waals surface area contributed by atoms with Crippen molar-refractivity contribution >= 4 is 5.91 Å². The highest BCUT2D eigenvalue weighted by Gasteiger charge is 2.31. The quantitative estimate of drug-likeness (QED) is 0.800. The van der Waals surface area contributed by atoms with Gasteiger partial charge in [-0.1, -0.05) is 26.2 Å². The molecule has 3 nitrogen and oxygen atoms in total. The van der Waals surface area contributed by atoms with Crippen molar-refractivity contribution in [2.45, 2.75) is 45.4 Å². The maximum absolute atomic E-state index is 12.4. The molecule has 0 bridgehead atoms. The number of nitrogens with two attached hydrogens (primary N) is 1. The van der Waals surface area contributed by atoms with Crippen LogP contribution in [0.15, 0.2) is 0 Å². The minimum absolute atomic E-state index is 0.315. The van der Waals surface area contributed by atoms with Gasteiger partial charge in [0.1, 0.15) is 0 Å². The first kappa shape index (κ1) is 12.9. The SMILES string of the molecule is CC1CCN(C(=O)C2CCCCC2)CC1CN. The molecule has 17 heavy (non-hydrogen) atoms. The van der Waals surface area contributed by atoms with E-state index in [-0.39, 0.29) is 0 Å². The topological polar surface area (TPSA) is 46.3 Å². The summed E-state index contributed by atoms with van der Waals surface area (Å²) >= 11 is 0. The number of carbonyl (C=O) groups is 1. The van der Waals surface area contributed by atoms with Gasteiger partial charge in [-0.15, -0.1) is 0 Å². The molecule has 1 aliphatic carbocycles. The highest BCUT2D eigenvalue weighted by Crippen LogP contribution is 2.28. The van der Waals surface area contributed by atoms with Gasteiger partial charge in [-0.3, -0.25) is 4.79 Å². The number of hydrogen-bond acceptors (Lipinski definition) is 2. The van der Waals surface area contributed by atoms with Gasteiger partial charge in [0.05, 0.1) is 0 Å². The second-order valence-electron chi connectivity index (χ2n) is 5.88. The summed E-state index contributed by atoms with van der Waals surface area (Å²) in [6.45, 7) is 4.83. The Labute approximate surface area is 105 Å². The van der Waals surface area contributed by atoms with Gasteiger partial charge in [0.25, 0.3) is 0 Å².